The van der Waals surface area contributed by atoms with Gasteiger partial charge < -0.3 is 14.0 Å². The molecule has 1 atom stereocenters. The topological polar surface area (TPSA) is 59.4 Å². The van der Waals surface area contributed by atoms with Crippen molar-refractivity contribution in [3.63, 3.8) is 0 Å². The Morgan fingerprint density at radius 3 is 2.79 bits per heavy atom. The van der Waals surface area contributed by atoms with Crippen LogP contribution >= 0.6 is 0 Å². The minimum absolute atomic E-state index is 0.413. The Morgan fingerprint density at radius 1 is 1.50 bits per heavy atom. The van der Waals surface area contributed by atoms with Crippen molar-refractivity contribution in [3.05, 3.63) is 41.7 Å². The third kappa shape index (κ3) is 1.33. The van der Waals surface area contributed by atoms with Gasteiger partial charge in [0.25, 0.3) is 0 Å². The number of hydrogen-bond donors (Lipinski definition) is 1. The Morgan fingerprint density at radius 2 is 2.29 bits per heavy atom. The highest BCUT2D eigenvalue weighted by atomic mass is 16.5. The van der Waals surface area contributed by atoms with Crippen molar-refractivity contribution in [1.82, 2.24) is 5.16 Å². The second-order valence-corrected chi connectivity index (χ2v) is 3.42. The molecule has 0 aliphatic carbocycles. The van der Waals surface area contributed by atoms with Crippen molar-refractivity contribution in [1.29, 1.82) is 0 Å². The maximum Gasteiger partial charge on any atom is 0.172 e. The first-order valence-corrected chi connectivity index (χ1v) is 4.29. The highest BCUT2D eigenvalue weighted by Gasteiger charge is 2.31. The molecule has 1 unspecified atom stereocenters. The molecular formula is C10H11NO3. The minimum atomic E-state index is -1.19. The standard InChI is InChI=1S/C10H11NO3/c1-7-5-9(14-11-7)10(2,12)8-3-4-13-6-8/h3-6,12H,1-2H3. The monoisotopic (exact) mass is 193 g/mol. The molecule has 4 nitrogen and oxygen atoms in total. The molecule has 2 aromatic heterocycles. The number of aliphatic hydroxyl groups is 1. The van der Waals surface area contributed by atoms with E-state index in [1.54, 1.807) is 26.0 Å². The van der Waals surface area contributed by atoms with Crippen molar-refractivity contribution in [3.8, 4) is 0 Å². The molecule has 14 heavy (non-hydrogen) atoms. The van der Waals surface area contributed by atoms with E-state index in [1.807, 2.05) is 0 Å². The van der Waals surface area contributed by atoms with Crippen LogP contribution in [0.25, 0.3) is 0 Å². The molecule has 2 rings (SSSR count). The van der Waals surface area contributed by atoms with Gasteiger partial charge in [-0.25, -0.2) is 0 Å². The van der Waals surface area contributed by atoms with E-state index >= 15 is 0 Å². The normalized spacial score (nSPS) is 15.4. The lowest BCUT2D eigenvalue weighted by atomic mass is 9.96. The molecule has 0 aromatic carbocycles. The lowest BCUT2D eigenvalue weighted by Gasteiger charge is -2.17. The van der Waals surface area contributed by atoms with Crippen molar-refractivity contribution in [2.24, 2.45) is 0 Å². The van der Waals surface area contributed by atoms with Crippen molar-refractivity contribution in [2.75, 3.05) is 0 Å². The number of aromatic nitrogens is 1. The predicted molar refractivity (Wildman–Crippen MR) is 48.6 cm³/mol. The number of hydrogen-bond acceptors (Lipinski definition) is 4. The van der Waals surface area contributed by atoms with E-state index in [-0.39, 0.29) is 0 Å². The third-order valence-electron chi connectivity index (χ3n) is 2.19. The van der Waals surface area contributed by atoms with Crippen molar-refractivity contribution < 1.29 is 14.0 Å². The molecule has 0 fully saturated rings. The molecule has 0 amide bonds. The summed E-state index contributed by atoms with van der Waals surface area (Å²) in [7, 11) is 0. The van der Waals surface area contributed by atoms with Crippen LogP contribution in [0.5, 0.6) is 0 Å². The lowest BCUT2D eigenvalue weighted by Crippen LogP contribution is -2.21. The quantitative estimate of drug-likeness (QED) is 0.790. The van der Waals surface area contributed by atoms with Gasteiger partial charge in [0.05, 0.1) is 18.2 Å². The molecule has 4 heteroatoms. The number of furan rings is 1. The Bertz CT molecular complexity index is 414. The predicted octanol–water partition coefficient (Wildman–Crippen LogP) is 1.83. The summed E-state index contributed by atoms with van der Waals surface area (Å²) in [6.07, 6.45) is 2.99. The Hall–Kier alpha value is -1.55. The summed E-state index contributed by atoms with van der Waals surface area (Å²) in [4.78, 5) is 0. The van der Waals surface area contributed by atoms with Crippen molar-refractivity contribution >= 4 is 0 Å². The third-order valence-corrected chi connectivity index (χ3v) is 2.19. The van der Waals surface area contributed by atoms with Gasteiger partial charge in [0.15, 0.2) is 11.4 Å². The van der Waals surface area contributed by atoms with Gasteiger partial charge in [-0.3, -0.25) is 0 Å². The second kappa shape index (κ2) is 2.99. The molecule has 0 saturated heterocycles. The average Bonchev–Trinajstić information content (AvgIpc) is 2.72. The SMILES string of the molecule is Cc1cc(C(C)(O)c2ccoc2)on1. The molecule has 2 heterocycles. The van der Waals surface area contributed by atoms with E-state index in [1.165, 1.54) is 12.5 Å². The van der Waals surface area contributed by atoms with Gasteiger partial charge in [0, 0.05) is 11.6 Å². The number of aryl methyl sites for hydroxylation is 1. The maximum absolute atomic E-state index is 10.2. The van der Waals surface area contributed by atoms with E-state index in [2.05, 4.69) is 5.16 Å². The highest BCUT2D eigenvalue weighted by molar-refractivity contribution is 5.26. The van der Waals surface area contributed by atoms with Crippen molar-refractivity contribution in [2.45, 2.75) is 19.4 Å². The highest BCUT2D eigenvalue weighted by Crippen LogP contribution is 2.29. The zero-order valence-corrected chi connectivity index (χ0v) is 8.02. The van der Waals surface area contributed by atoms with Crippen LogP contribution in [-0.2, 0) is 5.60 Å². The largest absolute Gasteiger partial charge is 0.472 e. The van der Waals surface area contributed by atoms with Gasteiger partial charge in [-0.05, 0) is 19.9 Å². The Kier molecular flexibility index (Phi) is 1.93. The Labute approximate surface area is 81.1 Å². The van der Waals surface area contributed by atoms with Gasteiger partial charge in [0.1, 0.15) is 0 Å². The van der Waals surface area contributed by atoms with Gasteiger partial charge >= 0.3 is 0 Å². The van der Waals surface area contributed by atoms with Gasteiger partial charge in [-0.15, -0.1) is 0 Å². The summed E-state index contributed by atoms with van der Waals surface area (Å²) in [6.45, 7) is 3.44. The fourth-order valence-electron chi connectivity index (χ4n) is 1.28. The summed E-state index contributed by atoms with van der Waals surface area (Å²) in [6, 6.07) is 3.39. The molecule has 0 spiro atoms. The first kappa shape index (κ1) is 9.02. The van der Waals surface area contributed by atoms with Crippen LogP contribution < -0.4 is 0 Å². The fraction of sp³-hybridized carbons (Fsp3) is 0.300. The van der Waals surface area contributed by atoms with Crippen LogP contribution in [-0.4, -0.2) is 10.3 Å². The second-order valence-electron chi connectivity index (χ2n) is 3.42. The average molecular weight is 193 g/mol. The summed E-state index contributed by atoms with van der Waals surface area (Å²) in [5.74, 6) is 0.413. The first-order chi connectivity index (χ1) is 6.60. The van der Waals surface area contributed by atoms with Crippen LogP contribution in [0, 0.1) is 6.92 Å². The molecule has 0 aliphatic heterocycles. The van der Waals surface area contributed by atoms with Gasteiger partial charge in [-0.1, -0.05) is 5.16 Å². The smallest absolute Gasteiger partial charge is 0.172 e. The number of nitrogens with zero attached hydrogens (tertiary/aromatic N) is 1. The molecule has 0 aliphatic rings. The lowest BCUT2D eigenvalue weighted by molar-refractivity contribution is 0.0687. The molecule has 0 bridgehead atoms. The fourth-order valence-corrected chi connectivity index (χ4v) is 1.28. The molecule has 1 N–H and O–H groups in total. The summed E-state index contributed by atoms with van der Waals surface area (Å²) < 4.78 is 9.92. The van der Waals surface area contributed by atoms with Crippen LogP contribution in [0.1, 0.15) is 23.9 Å². The van der Waals surface area contributed by atoms with E-state index in [9.17, 15) is 5.11 Å². The summed E-state index contributed by atoms with van der Waals surface area (Å²) in [5, 5.41) is 13.9. The summed E-state index contributed by atoms with van der Waals surface area (Å²) in [5.41, 5.74) is 0.200. The minimum Gasteiger partial charge on any atom is -0.472 e. The molecular weight excluding hydrogens is 182 g/mol. The summed E-state index contributed by atoms with van der Waals surface area (Å²) >= 11 is 0. The van der Waals surface area contributed by atoms with Crippen LogP contribution in [0.15, 0.2) is 33.6 Å². The van der Waals surface area contributed by atoms with E-state index in [0.717, 1.165) is 5.69 Å². The van der Waals surface area contributed by atoms with E-state index < -0.39 is 5.60 Å². The maximum atomic E-state index is 10.2. The van der Waals surface area contributed by atoms with Crippen LogP contribution in [0.4, 0.5) is 0 Å². The van der Waals surface area contributed by atoms with Crippen LogP contribution in [0.3, 0.4) is 0 Å². The molecule has 0 radical (unpaired) electrons. The van der Waals surface area contributed by atoms with Crippen LogP contribution in [0.2, 0.25) is 0 Å². The number of rotatable bonds is 2. The molecule has 0 saturated carbocycles. The molecule has 74 valence electrons. The van der Waals surface area contributed by atoms with Gasteiger partial charge in [-0.2, -0.15) is 0 Å². The van der Waals surface area contributed by atoms with E-state index in [4.69, 9.17) is 8.94 Å². The zero-order chi connectivity index (χ0) is 10.2. The first-order valence-electron chi connectivity index (χ1n) is 4.29. The molecule has 2 aromatic rings. The Balaban J connectivity index is 2.42. The van der Waals surface area contributed by atoms with Gasteiger partial charge in [0.2, 0.25) is 0 Å². The van der Waals surface area contributed by atoms with E-state index in [0.29, 0.717) is 11.3 Å². The zero-order valence-electron chi connectivity index (χ0n) is 8.02.